The van der Waals surface area contributed by atoms with Crippen LogP contribution in [0.15, 0.2) is 46.3 Å². The fraction of sp³-hybridized carbons (Fsp3) is 0.158. The minimum atomic E-state index is -0.190. The number of benzene rings is 2. The Labute approximate surface area is 171 Å². The number of nitrogens with zero attached hydrogens (tertiary/aromatic N) is 2. The Bertz CT molecular complexity index is 943. The Morgan fingerprint density at radius 2 is 1.96 bits per heavy atom. The third kappa shape index (κ3) is 4.24. The van der Waals surface area contributed by atoms with Crippen molar-refractivity contribution in [3.63, 3.8) is 0 Å². The van der Waals surface area contributed by atoms with Gasteiger partial charge in [0.2, 0.25) is 0 Å². The Balaban J connectivity index is 1.96. The fourth-order valence-corrected chi connectivity index (χ4v) is 4.04. The molecule has 0 spiro atoms. The Kier molecular flexibility index (Phi) is 5.99. The number of rotatable bonds is 4. The fourth-order valence-electron chi connectivity index (χ4n) is 2.47. The first-order chi connectivity index (χ1) is 12.9. The Morgan fingerprint density at radius 1 is 1.26 bits per heavy atom. The summed E-state index contributed by atoms with van der Waals surface area (Å²) in [5, 5.41) is 11.2. The summed E-state index contributed by atoms with van der Waals surface area (Å²) in [5.74, 6) is 0.422. The minimum absolute atomic E-state index is 0.120. The summed E-state index contributed by atoms with van der Waals surface area (Å²) in [5.41, 5.74) is 1.09. The van der Waals surface area contributed by atoms with Crippen molar-refractivity contribution in [2.75, 3.05) is 13.7 Å². The SMILES string of the molecule is CCN1C(=O)/C(=C\c2cc(Cl)cc(Cl)c2O)SC1=Nc1ccc(OC)cc1. The molecule has 3 rings (SSSR count). The number of phenols is 1. The molecule has 1 aliphatic rings. The van der Waals surface area contributed by atoms with Crippen LogP contribution in [0.25, 0.3) is 6.08 Å². The molecule has 0 radical (unpaired) electrons. The number of carbonyl (C=O) groups excluding carboxylic acids is 1. The van der Waals surface area contributed by atoms with Crippen LogP contribution in [-0.2, 0) is 4.79 Å². The van der Waals surface area contributed by atoms with Crippen molar-refractivity contribution in [3.8, 4) is 11.5 Å². The van der Waals surface area contributed by atoms with E-state index in [-0.39, 0.29) is 16.7 Å². The molecule has 1 saturated heterocycles. The molecule has 27 heavy (non-hydrogen) atoms. The maximum atomic E-state index is 12.7. The number of methoxy groups -OCH3 is 1. The van der Waals surface area contributed by atoms with Crippen molar-refractivity contribution < 1.29 is 14.6 Å². The van der Waals surface area contributed by atoms with Crippen LogP contribution < -0.4 is 4.74 Å². The molecular formula is C19H16Cl2N2O3S. The lowest BCUT2D eigenvalue weighted by Gasteiger charge is -2.12. The average molecular weight is 423 g/mol. The zero-order valence-corrected chi connectivity index (χ0v) is 16.9. The second kappa shape index (κ2) is 8.25. The highest BCUT2D eigenvalue weighted by Crippen LogP contribution is 2.38. The van der Waals surface area contributed by atoms with E-state index >= 15 is 0 Å². The predicted molar refractivity (Wildman–Crippen MR) is 111 cm³/mol. The van der Waals surface area contributed by atoms with E-state index in [0.717, 1.165) is 5.75 Å². The molecule has 1 amide bonds. The van der Waals surface area contributed by atoms with E-state index < -0.39 is 0 Å². The summed E-state index contributed by atoms with van der Waals surface area (Å²) >= 11 is 13.2. The maximum Gasteiger partial charge on any atom is 0.266 e. The quantitative estimate of drug-likeness (QED) is 0.676. The number of ether oxygens (including phenoxy) is 1. The summed E-state index contributed by atoms with van der Waals surface area (Å²) in [6, 6.07) is 10.2. The summed E-state index contributed by atoms with van der Waals surface area (Å²) in [6.07, 6.45) is 1.57. The van der Waals surface area contributed by atoms with Gasteiger partial charge in [-0.3, -0.25) is 9.69 Å². The molecule has 0 saturated carbocycles. The zero-order valence-electron chi connectivity index (χ0n) is 14.6. The first kappa shape index (κ1) is 19.6. The molecule has 1 heterocycles. The van der Waals surface area contributed by atoms with Crippen molar-refractivity contribution in [1.29, 1.82) is 0 Å². The molecule has 1 N–H and O–H groups in total. The Morgan fingerprint density at radius 3 is 2.59 bits per heavy atom. The molecular weight excluding hydrogens is 407 g/mol. The molecule has 0 unspecified atom stereocenters. The Hall–Kier alpha value is -2.15. The van der Waals surface area contributed by atoms with Crippen LogP contribution in [0.4, 0.5) is 5.69 Å². The maximum absolute atomic E-state index is 12.7. The molecule has 0 bridgehead atoms. The number of hydrogen-bond donors (Lipinski definition) is 1. The van der Waals surface area contributed by atoms with Crippen LogP contribution >= 0.6 is 35.0 Å². The van der Waals surface area contributed by atoms with Crippen LogP contribution in [0.2, 0.25) is 10.0 Å². The van der Waals surface area contributed by atoms with Gasteiger partial charge >= 0.3 is 0 Å². The highest BCUT2D eigenvalue weighted by Gasteiger charge is 2.32. The van der Waals surface area contributed by atoms with Crippen LogP contribution in [0.5, 0.6) is 11.5 Å². The van der Waals surface area contributed by atoms with E-state index in [0.29, 0.717) is 32.9 Å². The normalized spacial score (nSPS) is 17.2. The predicted octanol–water partition coefficient (Wildman–Crippen LogP) is 5.33. The molecule has 5 nitrogen and oxygen atoms in total. The van der Waals surface area contributed by atoms with Gasteiger partial charge in [0.15, 0.2) is 5.17 Å². The third-order valence-electron chi connectivity index (χ3n) is 3.85. The van der Waals surface area contributed by atoms with Crippen molar-refractivity contribution in [2.45, 2.75) is 6.92 Å². The molecule has 0 aliphatic carbocycles. The zero-order chi connectivity index (χ0) is 19.6. The van der Waals surface area contributed by atoms with E-state index in [1.807, 2.05) is 19.1 Å². The number of aliphatic imine (C=N–C) groups is 1. The highest BCUT2D eigenvalue weighted by molar-refractivity contribution is 8.18. The molecule has 1 fully saturated rings. The van der Waals surface area contributed by atoms with Crippen molar-refractivity contribution in [2.24, 2.45) is 4.99 Å². The second-order valence-electron chi connectivity index (χ2n) is 5.58. The topological polar surface area (TPSA) is 62.1 Å². The number of likely N-dealkylation sites (N-methyl/N-ethyl adjacent to an activating group) is 1. The van der Waals surface area contributed by atoms with Gasteiger partial charge in [-0.1, -0.05) is 23.2 Å². The molecule has 0 aromatic heterocycles. The lowest BCUT2D eigenvalue weighted by Crippen LogP contribution is -2.28. The van der Waals surface area contributed by atoms with Gasteiger partial charge < -0.3 is 9.84 Å². The van der Waals surface area contributed by atoms with E-state index in [9.17, 15) is 9.90 Å². The number of phenolic OH excluding ortho intramolecular Hbond substituents is 1. The molecule has 0 atom stereocenters. The first-order valence-electron chi connectivity index (χ1n) is 8.05. The van der Waals surface area contributed by atoms with Gasteiger partial charge in [-0.15, -0.1) is 0 Å². The second-order valence-corrected chi connectivity index (χ2v) is 7.43. The smallest absolute Gasteiger partial charge is 0.266 e. The summed E-state index contributed by atoms with van der Waals surface area (Å²) in [6.45, 7) is 2.35. The molecule has 2 aromatic rings. The van der Waals surface area contributed by atoms with Crippen molar-refractivity contribution >= 4 is 57.8 Å². The van der Waals surface area contributed by atoms with Gasteiger partial charge in [0.1, 0.15) is 11.5 Å². The van der Waals surface area contributed by atoms with Crippen LogP contribution in [-0.4, -0.2) is 34.7 Å². The number of halogens is 2. The summed E-state index contributed by atoms with van der Waals surface area (Å²) in [7, 11) is 1.60. The van der Waals surface area contributed by atoms with Gasteiger partial charge in [-0.2, -0.15) is 0 Å². The number of thioether (sulfide) groups is 1. The number of hydrogen-bond acceptors (Lipinski definition) is 5. The van der Waals surface area contributed by atoms with Gasteiger partial charge in [-0.05, 0) is 61.2 Å². The molecule has 140 valence electrons. The van der Waals surface area contributed by atoms with Gasteiger partial charge in [0.25, 0.3) is 5.91 Å². The van der Waals surface area contributed by atoms with Crippen LogP contribution in [0, 0.1) is 0 Å². The number of carbonyl (C=O) groups is 1. The summed E-state index contributed by atoms with van der Waals surface area (Å²) in [4.78, 5) is 19.3. The number of amides is 1. The van der Waals surface area contributed by atoms with E-state index in [1.54, 1.807) is 36.3 Å². The number of aromatic hydroxyl groups is 1. The van der Waals surface area contributed by atoms with Gasteiger partial charge in [0.05, 0.1) is 22.7 Å². The lowest BCUT2D eigenvalue weighted by atomic mass is 10.2. The van der Waals surface area contributed by atoms with Gasteiger partial charge in [0, 0.05) is 17.1 Å². The molecule has 2 aromatic carbocycles. The third-order valence-corrected chi connectivity index (χ3v) is 5.36. The van der Waals surface area contributed by atoms with E-state index in [2.05, 4.69) is 4.99 Å². The number of amidine groups is 1. The summed E-state index contributed by atoms with van der Waals surface area (Å²) < 4.78 is 5.14. The van der Waals surface area contributed by atoms with Crippen LogP contribution in [0.3, 0.4) is 0 Å². The average Bonchev–Trinajstić information content (AvgIpc) is 2.94. The standard InChI is InChI=1S/C19H16Cl2N2O3S/c1-3-23-18(25)16(9-11-8-12(20)10-15(21)17(11)24)27-19(23)22-13-4-6-14(26-2)7-5-13/h4-10,24H,3H2,1-2H3/b16-9+,22-19?. The van der Waals surface area contributed by atoms with E-state index in [4.69, 9.17) is 27.9 Å². The monoisotopic (exact) mass is 422 g/mol. The van der Waals surface area contributed by atoms with Crippen molar-refractivity contribution in [1.82, 2.24) is 4.90 Å². The van der Waals surface area contributed by atoms with Gasteiger partial charge in [-0.25, -0.2) is 4.99 Å². The largest absolute Gasteiger partial charge is 0.506 e. The van der Waals surface area contributed by atoms with Crippen molar-refractivity contribution in [3.05, 3.63) is 56.9 Å². The first-order valence-corrected chi connectivity index (χ1v) is 9.62. The molecule has 8 heteroatoms. The van der Waals surface area contributed by atoms with E-state index in [1.165, 1.54) is 17.8 Å². The minimum Gasteiger partial charge on any atom is -0.506 e. The van der Waals surface area contributed by atoms with Crippen LogP contribution in [0.1, 0.15) is 12.5 Å². The molecule has 1 aliphatic heterocycles. The lowest BCUT2D eigenvalue weighted by molar-refractivity contribution is -0.122. The highest BCUT2D eigenvalue weighted by atomic mass is 35.5.